The smallest absolute Gasteiger partial charge is 0.208 e. The molecule has 8 heteroatoms. The summed E-state index contributed by atoms with van der Waals surface area (Å²) < 4.78 is 22.4. The first-order chi connectivity index (χ1) is 17.4. The first-order valence-electron chi connectivity index (χ1n) is 12.3. The molecule has 0 radical (unpaired) electrons. The van der Waals surface area contributed by atoms with E-state index in [1.165, 1.54) is 6.07 Å². The fraction of sp³-hybridized carbons (Fsp3) is 0.321. The molecule has 2 aromatic carbocycles. The monoisotopic (exact) mass is 487 g/mol. The topological polar surface area (TPSA) is 72.3 Å². The molecule has 0 aliphatic carbocycles. The number of aromatic nitrogens is 3. The van der Waals surface area contributed by atoms with Crippen LogP contribution in [0.4, 0.5) is 16.0 Å². The number of imidazole rings is 1. The predicted molar refractivity (Wildman–Crippen MR) is 139 cm³/mol. The van der Waals surface area contributed by atoms with Crippen molar-refractivity contribution < 1.29 is 13.9 Å². The summed E-state index contributed by atoms with van der Waals surface area (Å²) in [4.78, 5) is 23.4. The molecule has 7 nitrogen and oxygen atoms in total. The van der Waals surface area contributed by atoms with E-state index in [9.17, 15) is 9.18 Å². The van der Waals surface area contributed by atoms with Gasteiger partial charge in [-0.3, -0.25) is 14.7 Å². The molecule has 1 fully saturated rings. The maximum absolute atomic E-state index is 14.5. The zero-order valence-electron chi connectivity index (χ0n) is 20.8. The summed E-state index contributed by atoms with van der Waals surface area (Å²) in [6.07, 6.45) is 3.11. The summed E-state index contributed by atoms with van der Waals surface area (Å²) in [6, 6.07) is 14.3. The molecule has 36 heavy (non-hydrogen) atoms. The minimum Gasteiger partial charge on any atom is -0.457 e. The van der Waals surface area contributed by atoms with Crippen LogP contribution < -0.4 is 10.1 Å². The van der Waals surface area contributed by atoms with Crippen molar-refractivity contribution in [1.82, 2.24) is 19.4 Å². The number of pyridine rings is 1. The Morgan fingerprint density at radius 2 is 1.92 bits per heavy atom. The Bertz CT molecular complexity index is 1410. The van der Waals surface area contributed by atoms with Gasteiger partial charge in [0, 0.05) is 25.4 Å². The van der Waals surface area contributed by atoms with E-state index in [0.717, 1.165) is 36.1 Å². The average molecular weight is 488 g/mol. The number of rotatable bonds is 9. The van der Waals surface area contributed by atoms with Crippen LogP contribution in [0.2, 0.25) is 0 Å². The average Bonchev–Trinajstić information content (AvgIpc) is 3.12. The molecule has 0 bridgehead atoms. The fourth-order valence-electron chi connectivity index (χ4n) is 4.27. The number of hydrogen-bond acceptors (Lipinski definition) is 6. The molecule has 2 aromatic heterocycles. The number of aryl methyl sites for hydroxylation is 1. The first kappa shape index (κ1) is 23.9. The summed E-state index contributed by atoms with van der Waals surface area (Å²) >= 11 is 0. The lowest BCUT2D eigenvalue weighted by atomic mass is 10.0. The molecule has 3 heterocycles. The number of nitrogens with one attached hydrogen (secondary N) is 1. The molecule has 0 atom stereocenters. The van der Waals surface area contributed by atoms with Gasteiger partial charge in [0.2, 0.25) is 5.95 Å². The van der Waals surface area contributed by atoms with Gasteiger partial charge in [0.05, 0.1) is 35.4 Å². The molecule has 0 unspecified atom stereocenters. The van der Waals surface area contributed by atoms with Gasteiger partial charge in [-0.2, -0.15) is 0 Å². The lowest BCUT2D eigenvalue weighted by molar-refractivity contribution is -0.120. The fourth-order valence-corrected chi connectivity index (χ4v) is 4.27. The molecule has 1 N–H and O–H groups in total. The van der Waals surface area contributed by atoms with E-state index < -0.39 is 0 Å². The third kappa shape index (κ3) is 5.23. The highest BCUT2D eigenvalue weighted by molar-refractivity contribution is 5.83. The van der Waals surface area contributed by atoms with Crippen LogP contribution in [0.1, 0.15) is 37.4 Å². The second-order valence-electron chi connectivity index (χ2n) is 9.59. The number of ketones is 1. The zero-order chi connectivity index (χ0) is 25.2. The third-order valence-electron chi connectivity index (χ3n) is 6.51. The maximum Gasteiger partial charge on any atom is 0.208 e. The van der Waals surface area contributed by atoms with Crippen LogP contribution in [-0.4, -0.2) is 44.9 Å². The zero-order valence-corrected chi connectivity index (χ0v) is 20.8. The quantitative estimate of drug-likeness (QED) is 0.332. The van der Waals surface area contributed by atoms with Crippen LogP contribution in [-0.2, 0) is 18.3 Å². The lowest BCUT2D eigenvalue weighted by Gasteiger charge is -2.29. The second kappa shape index (κ2) is 10.1. The lowest BCUT2D eigenvalue weighted by Crippen LogP contribution is -2.41. The van der Waals surface area contributed by atoms with Gasteiger partial charge in [0.15, 0.2) is 5.78 Å². The molecule has 1 saturated heterocycles. The number of nitrogens with zero attached hydrogens (tertiary/aromatic N) is 4. The summed E-state index contributed by atoms with van der Waals surface area (Å²) in [5, 5.41) is 3.13. The number of hydrogen-bond donors (Lipinski definition) is 1. The van der Waals surface area contributed by atoms with Crippen molar-refractivity contribution in [3.63, 3.8) is 0 Å². The number of carbonyl (C=O) groups excluding carboxylic acids is 1. The number of carbonyl (C=O) groups is 1. The number of halogens is 1. The van der Waals surface area contributed by atoms with Crippen molar-refractivity contribution in [2.45, 2.75) is 32.6 Å². The van der Waals surface area contributed by atoms with Crippen molar-refractivity contribution in [2.24, 2.45) is 7.05 Å². The van der Waals surface area contributed by atoms with Crippen molar-refractivity contribution in [1.29, 1.82) is 0 Å². The molecule has 186 valence electrons. The minimum atomic E-state index is -0.327. The van der Waals surface area contributed by atoms with E-state index in [4.69, 9.17) is 4.74 Å². The van der Waals surface area contributed by atoms with Crippen molar-refractivity contribution in [2.75, 3.05) is 25.0 Å². The summed E-state index contributed by atoms with van der Waals surface area (Å²) in [6.45, 7) is 6.62. The molecule has 1 aliphatic rings. The SMILES string of the molecule is CC(C)c1ccc(F)c(Nc2nc3cc(Oc4ccnc(CC(=O)CN5CCC5)c4)ccc3n2C)c1. The normalized spacial score (nSPS) is 13.7. The minimum absolute atomic E-state index is 0.157. The van der Waals surface area contributed by atoms with Gasteiger partial charge < -0.3 is 14.6 Å². The Morgan fingerprint density at radius 1 is 1.11 bits per heavy atom. The summed E-state index contributed by atoms with van der Waals surface area (Å²) in [5.41, 5.74) is 3.74. The van der Waals surface area contributed by atoms with Crippen LogP contribution in [0.5, 0.6) is 11.5 Å². The highest BCUT2D eigenvalue weighted by atomic mass is 19.1. The third-order valence-corrected chi connectivity index (χ3v) is 6.51. The van der Waals surface area contributed by atoms with Gasteiger partial charge in [-0.05, 0) is 61.3 Å². The number of likely N-dealkylation sites (tertiary alicyclic amines) is 1. The van der Waals surface area contributed by atoms with Gasteiger partial charge in [-0.1, -0.05) is 19.9 Å². The predicted octanol–water partition coefficient (Wildman–Crippen LogP) is 5.58. The van der Waals surface area contributed by atoms with Crippen LogP contribution in [0.3, 0.4) is 0 Å². The molecule has 1 aliphatic heterocycles. The summed E-state index contributed by atoms with van der Waals surface area (Å²) in [5.74, 6) is 1.88. The first-order valence-corrected chi connectivity index (χ1v) is 12.3. The number of fused-ring (bicyclic) bond motifs is 1. The molecule has 0 spiro atoms. The molecule has 0 saturated carbocycles. The highest BCUT2D eigenvalue weighted by Crippen LogP contribution is 2.30. The van der Waals surface area contributed by atoms with Crippen LogP contribution in [0, 0.1) is 5.82 Å². The van der Waals surface area contributed by atoms with E-state index in [2.05, 4.69) is 34.0 Å². The van der Waals surface area contributed by atoms with Crippen molar-refractivity contribution in [3.05, 3.63) is 71.8 Å². The van der Waals surface area contributed by atoms with Crippen LogP contribution in [0.25, 0.3) is 11.0 Å². The molecular formula is C28H30FN5O2. The van der Waals surface area contributed by atoms with E-state index in [1.54, 1.807) is 24.4 Å². The van der Waals surface area contributed by atoms with Gasteiger partial charge in [-0.15, -0.1) is 0 Å². The second-order valence-corrected chi connectivity index (χ2v) is 9.59. The molecular weight excluding hydrogens is 457 g/mol. The van der Waals surface area contributed by atoms with E-state index >= 15 is 0 Å². The number of benzene rings is 2. The Kier molecular flexibility index (Phi) is 6.69. The maximum atomic E-state index is 14.5. The van der Waals surface area contributed by atoms with Crippen LogP contribution in [0.15, 0.2) is 54.7 Å². The van der Waals surface area contributed by atoms with Gasteiger partial charge >= 0.3 is 0 Å². The Balaban J connectivity index is 1.32. The largest absolute Gasteiger partial charge is 0.457 e. The highest BCUT2D eigenvalue weighted by Gasteiger charge is 2.18. The van der Waals surface area contributed by atoms with Crippen LogP contribution >= 0.6 is 0 Å². The molecule has 0 amide bonds. The van der Waals surface area contributed by atoms with Gasteiger partial charge in [-0.25, -0.2) is 9.37 Å². The van der Waals surface area contributed by atoms with Gasteiger partial charge in [0.25, 0.3) is 0 Å². The number of anilines is 2. The Labute approximate surface area is 209 Å². The van der Waals surface area contributed by atoms with E-state index in [0.29, 0.717) is 41.3 Å². The molecule has 4 aromatic rings. The Hall–Kier alpha value is -3.78. The summed E-state index contributed by atoms with van der Waals surface area (Å²) in [7, 11) is 1.88. The number of ether oxygens (including phenoxy) is 1. The molecule has 5 rings (SSSR count). The standard InChI is InChI=1S/C28H30FN5O2/c1-18(2)19-5-7-24(29)25(13-19)31-28-32-26-16-22(6-8-27(26)33(28)3)36-23-9-10-30-20(15-23)14-21(35)17-34-11-4-12-34/h5-10,13,15-16,18H,4,11-12,14,17H2,1-3H3,(H,31,32). The van der Waals surface area contributed by atoms with Gasteiger partial charge in [0.1, 0.15) is 17.3 Å². The number of Topliss-reactive ketones (excluding diaryl/α,β-unsaturated/α-hetero) is 1. The van der Waals surface area contributed by atoms with E-state index in [-0.39, 0.29) is 18.0 Å². The van der Waals surface area contributed by atoms with Crippen molar-refractivity contribution >= 4 is 28.5 Å². The van der Waals surface area contributed by atoms with Crippen molar-refractivity contribution in [3.8, 4) is 11.5 Å². The van der Waals surface area contributed by atoms with E-state index in [1.807, 2.05) is 35.9 Å². The Morgan fingerprint density at radius 3 is 2.67 bits per heavy atom.